The Hall–Kier alpha value is -1.84. The number of carbonyl (C=O) groups excluding carboxylic acids is 2. The molecule has 0 amide bonds. The molecule has 0 fully saturated rings. The van der Waals surface area contributed by atoms with E-state index in [1.54, 1.807) is 25.1 Å². The van der Waals surface area contributed by atoms with Gasteiger partial charge in [0.15, 0.2) is 0 Å². The Morgan fingerprint density at radius 2 is 1.60 bits per heavy atom. The van der Waals surface area contributed by atoms with Crippen LogP contribution in [0.2, 0.25) is 0 Å². The number of carbonyl (C=O) groups is 2. The summed E-state index contributed by atoms with van der Waals surface area (Å²) in [7, 11) is 0. The number of rotatable bonds is 8. The quantitative estimate of drug-likeness (QED) is 0.538. The summed E-state index contributed by atoms with van der Waals surface area (Å²) in [5.41, 5.74) is 0.748. The average Bonchev–Trinajstić information content (AvgIpc) is 2.47. The van der Waals surface area contributed by atoms with E-state index in [1.165, 1.54) is 6.07 Å². The molecule has 4 nitrogen and oxygen atoms in total. The highest BCUT2D eigenvalue weighted by Crippen LogP contribution is 2.09. The van der Waals surface area contributed by atoms with Crippen molar-refractivity contribution >= 4 is 11.9 Å². The largest absolute Gasteiger partial charge is 0.462 e. The molecule has 0 saturated carbocycles. The molecule has 0 heterocycles. The van der Waals surface area contributed by atoms with E-state index in [0.717, 1.165) is 25.7 Å². The molecule has 0 aromatic heterocycles. The Labute approximate surface area is 120 Å². The van der Waals surface area contributed by atoms with Gasteiger partial charge in [0, 0.05) is 0 Å². The van der Waals surface area contributed by atoms with Crippen molar-refractivity contribution in [2.75, 3.05) is 13.2 Å². The summed E-state index contributed by atoms with van der Waals surface area (Å²) in [4.78, 5) is 23.4. The number of benzene rings is 1. The van der Waals surface area contributed by atoms with E-state index in [2.05, 4.69) is 6.92 Å². The van der Waals surface area contributed by atoms with Gasteiger partial charge in [-0.2, -0.15) is 0 Å². The van der Waals surface area contributed by atoms with Crippen molar-refractivity contribution in [1.82, 2.24) is 0 Å². The zero-order chi connectivity index (χ0) is 14.8. The first-order valence-electron chi connectivity index (χ1n) is 7.13. The van der Waals surface area contributed by atoms with E-state index >= 15 is 0 Å². The fraction of sp³-hybridized carbons (Fsp3) is 0.500. The zero-order valence-corrected chi connectivity index (χ0v) is 12.2. The third-order valence-corrected chi connectivity index (χ3v) is 2.84. The Kier molecular flexibility index (Phi) is 7.40. The highest BCUT2D eigenvalue weighted by molar-refractivity contribution is 5.95. The number of hydrogen-bond acceptors (Lipinski definition) is 4. The van der Waals surface area contributed by atoms with E-state index in [9.17, 15) is 9.59 Å². The standard InChI is InChI=1S/C16H22O4/c1-3-5-6-7-11-20-16(18)14-10-8-9-13(12-14)15(17)19-4-2/h8-10,12H,3-7,11H2,1-2H3. The molecule has 0 spiro atoms. The third kappa shape index (κ3) is 5.43. The summed E-state index contributed by atoms with van der Waals surface area (Å²) in [5.74, 6) is -0.822. The van der Waals surface area contributed by atoms with Crippen LogP contribution in [0.1, 0.15) is 60.2 Å². The third-order valence-electron chi connectivity index (χ3n) is 2.84. The summed E-state index contributed by atoms with van der Waals surface area (Å²) in [6.45, 7) is 4.60. The van der Waals surface area contributed by atoms with E-state index in [4.69, 9.17) is 9.47 Å². The number of esters is 2. The Balaban J connectivity index is 2.51. The molecule has 1 rings (SSSR count). The predicted molar refractivity (Wildman–Crippen MR) is 76.8 cm³/mol. The predicted octanol–water partition coefficient (Wildman–Crippen LogP) is 3.60. The van der Waals surface area contributed by atoms with Gasteiger partial charge in [-0.25, -0.2) is 9.59 Å². The molecular weight excluding hydrogens is 256 g/mol. The maximum absolute atomic E-state index is 11.8. The Bertz CT molecular complexity index is 440. The molecule has 0 unspecified atom stereocenters. The van der Waals surface area contributed by atoms with Crippen molar-refractivity contribution in [3.8, 4) is 0 Å². The molecule has 4 heteroatoms. The van der Waals surface area contributed by atoms with Crippen LogP contribution in [0.4, 0.5) is 0 Å². The molecule has 20 heavy (non-hydrogen) atoms. The van der Waals surface area contributed by atoms with Crippen molar-refractivity contribution in [2.45, 2.75) is 39.5 Å². The number of ether oxygens (including phenoxy) is 2. The molecule has 0 radical (unpaired) electrons. The molecule has 0 saturated heterocycles. The van der Waals surface area contributed by atoms with Crippen LogP contribution < -0.4 is 0 Å². The van der Waals surface area contributed by atoms with Gasteiger partial charge in [-0.3, -0.25) is 0 Å². The van der Waals surface area contributed by atoms with Crippen molar-refractivity contribution in [3.05, 3.63) is 35.4 Å². The molecule has 0 aliphatic rings. The van der Waals surface area contributed by atoms with Crippen molar-refractivity contribution in [1.29, 1.82) is 0 Å². The molecule has 0 atom stereocenters. The highest BCUT2D eigenvalue weighted by Gasteiger charge is 2.11. The van der Waals surface area contributed by atoms with Gasteiger partial charge >= 0.3 is 11.9 Å². The first-order valence-corrected chi connectivity index (χ1v) is 7.13. The molecule has 0 aliphatic carbocycles. The van der Waals surface area contributed by atoms with Crippen LogP contribution in [0.15, 0.2) is 24.3 Å². The van der Waals surface area contributed by atoms with Crippen LogP contribution >= 0.6 is 0 Å². The lowest BCUT2D eigenvalue weighted by molar-refractivity contribution is 0.0497. The van der Waals surface area contributed by atoms with Gasteiger partial charge in [-0.1, -0.05) is 32.3 Å². The van der Waals surface area contributed by atoms with Crippen molar-refractivity contribution in [2.24, 2.45) is 0 Å². The topological polar surface area (TPSA) is 52.6 Å². The maximum atomic E-state index is 11.8. The summed E-state index contributed by atoms with van der Waals surface area (Å²) in [5, 5.41) is 0. The fourth-order valence-electron chi connectivity index (χ4n) is 1.76. The normalized spacial score (nSPS) is 10.1. The van der Waals surface area contributed by atoms with Crippen LogP contribution in [0.3, 0.4) is 0 Å². The van der Waals surface area contributed by atoms with Crippen LogP contribution in [0, 0.1) is 0 Å². The van der Waals surface area contributed by atoms with Crippen molar-refractivity contribution in [3.63, 3.8) is 0 Å². The van der Waals surface area contributed by atoms with Gasteiger partial charge < -0.3 is 9.47 Å². The number of unbranched alkanes of at least 4 members (excludes halogenated alkanes) is 3. The number of hydrogen-bond donors (Lipinski definition) is 0. The van der Waals surface area contributed by atoms with Gasteiger partial charge in [0.05, 0.1) is 24.3 Å². The van der Waals surface area contributed by atoms with Gasteiger partial charge in [0.25, 0.3) is 0 Å². The summed E-state index contributed by atoms with van der Waals surface area (Å²) in [6, 6.07) is 6.42. The first kappa shape index (κ1) is 16.2. The SMILES string of the molecule is CCCCCCOC(=O)c1cccc(C(=O)OCC)c1. The second kappa shape index (κ2) is 9.13. The minimum Gasteiger partial charge on any atom is -0.462 e. The minimum atomic E-state index is -0.426. The van der Waals surface area contributed by atoms with E-state index in [-0.39, 0.29) is 0 Å². The second-order valence-corrected chi connectivity index (χ2v) is 4.50. The van der Waals surface area contributed by atoms with Gasteiger partial charge in [0.1, 0.15) is 0 Å². The summed E-state index contributed by atoms with van der Waals surface area (Å²) >= 11 is 0. The van der Waals surface area contributed by atoms with Crippen LogP contribution in [0.5, 0.6) is 0 Å². The fourth-order valence-corrected chi connectivity index (χ4v) is 1.76. The van der Waals surface area contributed by atoms with Gasteiger partial charge in [-0.05, 0) is 31.5 Å². The molecule has 0 bridgehead atoms. The Morgan fingerprint density at radius 1 is 0.950 bits per heavy atom. The molecule has 0 N–H and O–H groups in total. The molecule has 1 aromatic carbocycles. The monoisotopic (exact) mass is 278 g/mol. The summed E-state index contributed by atoms with van der Waals surface area (Å²) < 4.78 is 10.1. The molecule has 110 valence electrons. The van der Waals surface area contributed by atoms with E-state index in [0.29, 0.717) is 24.3 Å². The van der Waals surface area contributed by atoms with Crippen LogP contribution in [0.25, 0.3) is 0 Å². The zero-order valence-electron chi connectivity index (χ0n) is 12.2. The minimum absolute atomic E-state index is 0.310. The Morgan fingerprint density at radius 3 is 2.20 bits per heavy atom. The lowest BCUT2D eigenvalue weighted by Crippen LogP contribution is -2.09. The lowest BCUT2D eigenvalue weighted by Gasteiger charge is -2.06. The smallest absolute Gasteiger partial charge is 0.338 e. The highest BCUT2D eigenvalue weighted by atomic mass is 16.5. The lowest BCUT2D eigenvalue weighted by atomic mass is 10.1. The second-order valence-electron chi connectivity index (χ2n) is 4.50. The molecule has 0 aliphatic heterocycles. The molecular formula is C16H22O4. The maximum Gasteiger partial charge on any atom is 0.338 e. The summed E-state index contributed by atoms with van der Waals surface area (Å²) in [6.07, 6.45) is 4.23. The first-order chi connectivity index (χ1) is 9.69. The van der Waals surface area contributed by atoms with E-state index < -0.39 is 11.9 Å². The van der Waals surface area contributed by atoms with Gasteiger partial charge in [-0.15, -0.1) is 0 Å². The average molecular weight is 278 g/mol. The van der Waals surface area contributed by atoms with E-state index in [1.807, 2.05) is 0 Å². The van der Waals surface area contributed by atoms with Gasteiger partial charge in [0.2, 0.25) is 0 Å². The van der Waals surface area contributed by atoms with Crippen LogP contribution in [-0.2, 0) is 9.47 Å². The molecule has 1 aromatic rings. The van der Waals surface area contributed by atoms with Crippen LogP contribution in [-0.4, -0.2) is 25.2 Å². The van der Waals surface area contributed by atoms with Crippen molar-refractivity contribution < 1.29 is 19.1 Å².